The molecule has 1 aromatic rings. The Morgan fingerprint density at radius 1 is 1.25 bits per heavy atom. The number of benzene rings is 1. The summed E-state index contributed by atoms with van der Waals surface area (Å²) in [5, 5.41) is 33.1. The van der Waals surface area contributed by atoms with E-state index in [0.29, 0.717) is 37.2 Å². The van der Waals surface area contributed by atoms with Crippen molar-refractivity contribution < 1.29 is 24.8 Å². The zero-order valence-electron chi connectivity index (χ0n) is 24.3. The van der Waals surface area contributed by atoms with Gasteiger partial charge in [0, 0.05) is 25.8 Å². The van der Waals surface area contributed by atoms with E-state index in [1.807, 2.05) is 31.3 Å². The molecule has 7 heteroatoms. The van der Waals surface area contributed by atoms with E-state index in [4.69, 9.17) is 9.47 Å². The highest BCUT2D eigenvalue weighted by Crippen LogP contribution is 2.37. The van der Waals surface area contributed by atoms with Crippen molar-refractivity contribution in [1.29, 1.82) is 0 Å². The lowest BCUT2D eigenvalue weighted by molar-refractivity contribution is 0.103. The molecule has 2 heterocycles. The van der Waals surface area contributed by atoms with Gasteiger partial charge in [-0.15, -0.1) is 4.99 Å². The fourth-order valence-electron chi connectivity index (χ4n) is 6.00. The number of nitrogens with one attached hydrogen (secondary N) is 1. The summed E-state index contributed by atoms with van der Waals surface area (Å²) >= 11 is 0. The van der Waals surface area contributed by atoms with Crippen LogP contribution < -0.4 is 10.1 Å². The van der Waals surface area contributed by atoms with E-state index in [1.165, 1.54) is 31.3 Å². The molecule has 7 nitrogen and oxygen atoms in total. The molecule has 3 atom stereocenters. The van der Waals surface area contributed by atoms with Crippen LogP contribution in [0.2, 0.25) is 0 Å². The van der Waals surface area contributed by atoms with Crippen LogP contribution >= 0.6 is 0 Å². The van der Waals surface area contributed by atoms with Crippen LogP contribution in [0.1, 0.15) is 77.2 Å². The summed E-state index contributed by atoms with van der Waals surface area (Å²) in [5.74, 6) is 1.70. The Morgan fingerprint density at radius 3 is 2.83 bits per heavy atom. The van der Waals surface area contributed by atoms with Crippen LogP contribution in [0.5, 0.6) is 11.5 Å². The van der Waals surface area contributed by atoms with E-state index >= 15 is 0 Å². The quantitative estimate of drug-likeness (QED) is 0.192. The molecule has 2 aliphatic heterocycles. The SMILES string of the molecule is CCCCC1O[C-](CCc2ccc(O)c(OCC[C+]3C=C(C(CNCC(C)O)C4CCCC4)C=N3)c2)C=C1CO. The third-order valence-electron chi connectivity index (χ3n) is 8.27. The zero-order chi connectivity index (χ0) is 28.3. The molecule has 40 heavy (non-hydrogen) atoms. The monoisotopic (exact) mass is 552 g/mol. The standard InChI is InChI=1S/C33H48N2O5/c1-3-4-9-32-27(22-36)18-29(40-32)12-10-24-11-13-31(38)33(16-24)39-15-14-28-17-26(20-35-28)30(21-34-19-23(2)37)25-7-5-6-8-25/h11,13,16-18,20,23,25,30,32,34,36-38H,3-10,12,14-15,19,21-22H2,1-2H3. The first kappa shape index (κ1) is 30.5. The lowest BCUT2D eigenvalue weighted by Gasteiger charge is -2.24. The van der Waals surface area contributed by atoms with Gasteiger partial charge in [-0.05, 0) is 56.2 Å². The first-order valence-electron chi connectivity index (χ1n) is 15.3. The summed E-state index contributed by atoms with van der Waals surface area (Å²) in [5.41, 5.74) is 3.30. The second kappa shape index (κ2) is 15.5. The van der Waals surface area contributed by atoms with Crippen molar-refractivity contribution in [2.45, 2.75) is 90.3 Å². The topological polar surface area (TPSA) is 104 Å². The van der Waals surface area contributed by atoms with Crippen LogP contribution in [0.4, 0.5) is 0 Å². The largest absolute Gasteiger partial charge is 0.504 e. The average Bonchev–Trinajstić information content (AvgIpc) is 3.72. The molecule has 1 saturated carbocycles. The minimum absolute atomic E-state index is 0.00193. The van der Waals surface area contributed by atoms with Gasteiger partial charge in [0.05, 0.1) is 24.5 Å². The van der Waals surface area contributed by atoms with Crippen LogP contribution in [-0.4, -0.2) is 60.0 Å². The maximum atomic E-state index is 10.4. The Labute approximate surface area is 240 Å². The summed E-state index contributed by atoms with van der Waals surface area (Å²) in [4.78, 5) is 4.67. The summed E-state index contributed by atoms with van der Waals surface area (Å²) in [6, 6.07) is 6.52. The predicted molar refractivity (Wildman–Crippen MR) is 159 cm³/mol. The fraction of sp³-hybridized carbons (Fsp3) is 0.606. The molecule has 220 valence electrons. The number of phenols is 1. The minimum atomic E-state index is -0.349. The van der Waals surface area contributed by atoms with Gasteiger partial charge in [0.25, 0.3) is 0 Å². The molecule has 1 fully saturated rings. The van der Waals surface area contributed by atoms with Gasteiger partial charge in [-0.1, -0.05) is 51.2 Å². The molecule has 0 amide bonds. The minimum Gasteiger partial charge on any atom is -0.504 e. The molecule has 1 aliphatic carbocycles. The summed E-state index contributed by atoms with van der Waals surface area (Å²) in [6.07, 6.45) is 17.2. The first-order chi connectivity index (χ1) is 19.5. The highest BCUT2D eigenvalue weighted by Gasteiger charge is 2.35. The van der Waals surface area contributed by atoms with Crippen LogP contribution in [0.15, 0.2) is 46.5 Å². The van der Waals surface area contributed by atoms with E-state index in [9.17, 15) is 15.3 Å². The van der Waals surface area contributed by atoms with Gasteiger partial charge in [0.2, 0.25) is 0 Å². The maximum absolute atomic E-state index is 10.4. The summed E-state index contributed by atoms with van der Waals surface area (Å²) in [7, 11) is 0. The smallest absolute Gasteiger partial charge is 0.176 e. The Balaban J connectivity index is 1.26. The number of unbranched alkanes of at least 4 members (excludes halogenated alkanes) is 1. The van der Waals surface area contributed by atoms with Gasteiger partial charge in [-0.3, -0.25) is 0 Å². The van der Waals surface area contributed by atoms with E-state index in [-0.39, 0.29) is 24.6 Å². The number of aryl methyl sites for hydroxylation is 1. The normalized spacial score (nSPS) is 20.8. The number of aliphatic hydroxyl groups is 2. The second-order valence-corrected chi connectivity index (χ2v) is 11.5. The molecular weight excluding hydrogens is 504 g/mol. The lowest BCUT2D eigenvalue weighted by atomic mass is 9.84. The molecular formula is C33H48N2O5. The lowest BCUT2D eigenvalue weighted by Crippen LogP contribution is -2.33. The van der Waals surface area contributed by atoms with Crippen molar-refractivity contribution in [2.24, 2.45) is 16.8 Å². The van der Waals surface area contributed by atoms with E-state index in [0.717, 1.165) is 61.9 Å². The Hall–Kier alpha value is -2.45. The molecule has 0 bridgehead atoms. The number of ether oxygens (including phenoxy) is 2. The molecule has 3 aliphatic rings. The third kappa shape index (κ3) is 8.77. The number of aliphatic imine (C=N–C) groups is 1. The van der Waals surface area contributed by atoms with Crippen molar-refractivity contribution in [3.63, 3.8) is 0 Å². The highest BCUT2D eigenvalue weighted by molar-refractivity contribution is 5.84. The van der Waals surface area contributed by atoms with Gasteiger partial charge in [0.1, 0.15) is 12.2 Å². The van der Waals surface area contributed by atoms with Crippen LogP contribution in [0, 0.1) is 24.0 Å². The van der Waals surface area contributed by atoms with Crippen molar-refractivity contribution in [3.05, 3.63) is 59.2 Å². The van der Waals surface area contributed by atoms with Gasteiger partial charge in [-0.2, -0.15) is 11.6 Å². The van der Waals surface area contributed by atoms with Crippen LogP contribution in [-0.2, 0) is 11.2 Å². The molecule has 0 saturated heterocycles. The number of rotatable bonds is 17. The van der Waals surface area contributed by atoms with Crippen molar-refractivity contribution in [2.75, 3.05) is 26.3 Å². The Kier molecular flexibility index (Phi) is 11.8. The Morgan fingerprint density at radius 2 is 2.08 bits per heavy atom. The van der Waals surface area contributed by atoms with Gasteiger partial charge < -0.3 is 30.1 Å². The number of nitrogens with zero attached hydrogens (tertiary/aromatic N) is 1. The molecule has 0 radical (unpaired) electrons. The first-order valence-corrected chi connectivity index (χ1v) is 15.3. The second-order valence-electron chi connectivity index (χ2n) is 11.5. The predicted octanol–water partition coefficient (Wildman–Crippen LogP) is 5.45. The zero-order valence-corrected chi connectivity index (χ0v) is 24.3. The molecule has 4 N–H and O–H groups in total. The number of hydrogen-bond acceptors (Lipinski definition) is 7. The van der Waals surface area contributed by atoms with Gasteiger partial charge in [-0.25, -0.2) is 0 Å². The summed E-state index contributed by atoms with van der Waals surface area (Å²) < 4.78 is 12.1. The van der Waals surface area contributed by atoms with Crippen molar-refractivity contribution >= 4 is 6.21 Å². The van der Waals surface area contributed by atoms with Crippen molar-refractivity contribution in [1.82, 2.24) is 5.32 Å². The molecule has 1 aromatic carbocycles. The molecule has 0 spiro atoms. The van der Waals surface area contributed by atoms with Crippen molar-refractivity contribution in [3.8, 4) is 11.5 Å². The van der Waals surface area contributed by atoms with E-state index in [1.54, 1.807) is 6.07 Å². The number of aromatic hydroxyl groups is 1. The van der Waals surface area contributed by atoms with E-state index in [2.05, 4.69) is 23.3 Å². The number of hydrogen-bond donors (Lipinski definition) is 4. The van der Waals surface area contributed by atoms with Gasteiger partial charge in [0.15, 0.2) is 23.8 Å². The third-order valence-corrected chi connectivity index (χ3v) is 8.27. The van der Waals surface area contributed by atoms with Crippen LogP contribution in [0.25, 0.3) is 0 Å². The maximum Gasteiger partial charge on any atom is 0.176 e. The average molecular weight is 553 g/mol. The highest BCUT2D eigenvalue weighted by atomic mass is 16.5. The van der Waals surface area contributed by atoms with E-state index < -0.39 is 0 Å². The molecule has 0 aromatic heterocycles. The molecule has 4 rings (SSSR count). The summed E-state index contributed by atoms with van der Waals surface area (Å²) in [6.45, 7) is 5.91. The fourth-order valence-corrected chi connectivity index (χ4v) is 6.00. The number of phenolic OH excluding ortho intramolecular Hbond substituents is 1. The Bertz CT molecular complexity index is 1010. The molecule has 3 unspecified atom stereocenters. The van der Waals surface area contributed by atoms with Crippen LogP contribution in [0.3, 0.4) is 0 Å². The van der Waals surface area contributed by atoms with Gasteiger partial charge >= 0.3 is 0 Å². The number of aliphatic hydroxyl groups excluding tert-OH is 2.